The van der Waals surface area contributed by atoms with Crippen LogP contribution in [0.3, 0.4) is 0 Å². The molecule has 1 heterocycles. The van der Waals surface area contributed by atoms with Gasteiger partial charge in [0.2, 0.25) is 0 Å². The van der Waals surface area contributed by atoms with Gasteiger partial charge in [-0.15, -0.1) is 17.9 Å². The lowest BCUT2D eigenvalue weighted by Gasteiger charge is -2.06. The molecule has 0 aromatic carbocycles. The van der Waals surface area contributed by atoms with E-state index in [2.05, 4.69) is 18.0 Å². The molecule has 0 radical (unpaired) electrons. The van der Waals surface area contributed by atoms with Crippen LogP contribution in [-0.4, -0.2) is 6.04 Å². The summed E-state index contributed by atoms with van der Waals surface area (Å²) < 4.78 is 0. The zero-order valence-corrected chi connectivity index (χ0v) is 8.40. The molecule has 0 saturated heterocycles. The molecule has 3 heteroatoms. The monoisotopic (exact) mass is 192 g/mol. The van der Waals surface area contributed by atoms with E-state index in [-0.39, 0.29) is 0 Å². The largest absolute Gasteiger partial charge is 0.306 e. The molecule has 1 N–H and O–H groups in total. The fraction of sp³-hybridized carbons (Fsp3) is 0.300. The van der Waals surface area contributed by atoms with Gasteiger partial charge in [-0.3, -0.25) is 0 Å². The van der Waals surface area contributed by atoms with Gasteiger partial charge in [-0.05, 0) is 19.1 Å². The molecular formula is C10H12N2S. The summed E-state index contributed by atoms with van der Waals surface area (Å²) in [5.41, 5.74) is 0. The van der Waals surface area contributed by atoms with Gasteiger partial charge in [0, 0.05) is 17.5 Å². The highest BCUT2D eigenvalue weighted by Gasteiger charge is 2.00. The van der Waals surface area contributed by atoms with E-state index in [0.29, 0.717) is 6.04 Å². The molecule has 0 aliphatic carbocycles. The second-order valence-corrected chi connectivity index (χ2v) is 3.95. The summed E-state index contributed by atoms with van der Waals surface area (Å²) in [6.45, 7) is 6.54. The molecule has 2 nitrogen and oxygen atoms in total. The predicted molar refractivity (Wildman–Crippen MR) is 55.5 cm³/mol. The van der Waals surface area contributed by atoms with Crippen molar-refractivity contribution in [3.63, 3.8) is 0 Å². The normalized spacial score (nSPS) is 12.0. The van der Waals surface area contributed by atoms with Crippen molar-refractivity contribution in [3.8, 4) is 6.07 Å². The lowest BCUT2D eigenvalue weighted by molar-refractivity contribution is 0.640. The molecule has 0 saturated carbocycles. The van der Waals surface area contributed by atoms with E-state index < -0.39 is 0 Å². The summed E-state index contributed by atoms with van der Waals surface area (Å²) in [4.78, 5) is 1.95. The first kappa shape index (κ1) is 9.97. The van der Waals surface area contributed by atoms with Crippen molar-refractivity contribution < 1.29 is 0 Å². The zero-order chi connectivity index (χ0) is 9.68. The molecule has 0 bridgehead atoms. The summed E-state index contributed by atoms with van der Waals surface area (Å²) in [6.07, 6.45) is 1.86. The molecule has 0 fully saturated rings. The highest BCUT2D eigenvalue weighted by Crippen LogP contribution is 2.14. The average molecular weight is 192 g/mol. The maximum absolute atomic E-state index is 8.60. The minimum atomic E-state index is 0.313. The van der Waals surface area contributed by atoms with Crippen molar-refractivity contribution in [3.05, 3.63) is 34.5 Å². The van der Waals surface area contributed by atoms with Crippen molar-refractivity contribution in [2.45, 2.75) is 19.5 Å². The molecule has 1 unspecified atom stereocenters. The summed E-state index contributed by atoms with van der Waals surface area (Å²) in [5, 5.41) is 11.9. The highest BCUT2D eigenvalue weighted by molar-refractivity contribution is 7.12. The fourth-order valence-electron chi connectivity index (χ4n) is 0.878. The van der Waals surface area contributed by atoms with Gasteiger partial charge in [-0.1, -0.05) is 6.08 Å². The van der Waals surface area contributed by atoms with Crippen LogP contribution >= 0.6 is 11.3 Å². The van der Waals surface area contributed by atoms with Crippen molar-refractivity contribution in [1.29, 1.82) is 5.26 Å². The van der Waals surface area contributed by atoms with Crippen LogP contribution in [0.15, 0.2) is 24.8 Å². The molecule has 0 amide bonds. The van der Waals surface area contributed by atoms with Gasteiger partial charge in [0.15, 0.2) is 0 Å². The van der Waals surface area contributed by atoms with E-state index in [0.717, 1.165) is 11.4 Å². The molecule has 0 aliphatic heterocycles. The topological polar surface area (TPSA) is 35.8 Å². The van der Waals surface area contributed by atoms with Gasteiger partial charge < -0.3 is 5.32 Å². The van der Waals surface area contributed by atoms with Gasteiger partial charge in [0.25, 0.3) is 0 Å². The standard InChI is InChI=1S/C10H12N2S/c1-3-8(2)12-7-10-5-4-9(6-11)13-10/h3-5,8,12H,1,7H2,2H3. The van der Waals surface area contributed by atoms with Crippen molar-refractivity contribution >= 4 is 11.3 Å². The van der Waals surface area contributed by atoms with Crippen LogP contribution in [0.5, 0.6) is 0 Å². The second kappa shape index (κ2) is 4.80. The Morgan fingerprint density at radius 2 is 2.54 bits per heavy atom. The minimum absolute atomic E-state index is 0.313. The van der Waals surface area contributed by atoms with Crippen LogP contribution in [0, 0.1) is 11.3 Å². The van der Waals surface area contributed by atoms with Crippen LogP contribution in [0.25, 0.3) is 0 Å². The first-order chi connectivity index (χ1) is 6.26. The lowest BCUT2D eigenvalue weighted by atomic mass is 10.3. The lowest BCUT2D eigenvalue weighted by Crippen LogP contribution is -2.22. The SMILES string of the molecule is C=CC(C)NCc1ccc(C#N)s1. The first-order valence-corrected chi connectivity index (χ1v) is 4.92. The molecule has 68 valence electrons. The Morgan fingerprint density at radius 3 is 3.08 bits per heavy atom. The van der Waals surface area contributed by atoms with Crippen LogP contribution in [0.1, 0.15) is 16.7 Å². The molecule has 1 aromatic heterocycles. The number of hydrogen-bond acceptors (Lipinski definition) is 3. The third-order valence-electron chi connectivity index (χ3n) is 1.72. The number of nitrogens with zero attached hydrogens (tertiary/aromatic N) is 1. The van der Waals surface area contributed by atoms with Crippen LogP contribution in [-0.2, 0) is 6.54 Å². The number of rotatable bonds is 4. The van der Waals surface area contributed by atoms with Crippen LogP contribution in [0.2, 0.25) is 0 Å². The Labute approximate surface area is 82.5 Å². The number of thiophene rings is 1. The number of nitrogens with one attached hydrogen (secondary N) is 1. The molecule has 0 spiro atoms. The molecule has 0 aliphatic rings. The van der Waals surface area contributed by atoms with E-state index >= 15 is 0 Å². The van der Waals surface area contributed by atoms with E-state index in [1.54, 1.807) is 0 Å². The highest BCUT2D eigenvalue weighted by atomic mass is 32.1. The molecule has 1 aromatic rings. The van der Waals surface area contributed by atoms with Crippen LogP contribution < -0.4 is 5.32 Å². The summed E-state index contributed by atoms with van der Waals surface area (Å²) in [7, 11) is 0. The average Bonchev–Trinajstić information content (AvgIpc) is 2.61. The third kappa shape index (κ3) is 3.02. The maximum atomic E-state index is 8.60. The molecule has 13 heavy (non-hydrogen) atoms. The van der Waals surface area contributed by atoms with Gasteiger partial charge in [0.1, 0.15) is 10.9 Å². The van der Waals surface area contributed by atoms with Crippen LogP contribution in [0.4, 0.5) is 0 Å². The summed E-state index contributed by atoms with van der Waals surface area (Å²) in [5.74, 6) is 0. The van der Waals surface area contributed by atoms with Crippen molar-refractivity contribution in [2.24, 2.45) is 0 Å². The summed E-state index contributed by atoms with van der Waals surface area (Å²) in [6, 6.07) is 6.26. The third-order valence-corrected chi connectivity index (χ3v) is 2.71. The van der Waals surface area contributed by atoms with Gasteiger partial charge >= 0.3 is 0 Å². The minimum Gasteiger partial charge on any atom is -0.306 e. The fourth-order valence-corrected chi connectivity index (χ4v) is 1.63. The van der Waals surface area contributed by atoms with E-state index in [9.17, 15) is 0 Å². The molecule has 1 rings (SSSR count). The number of nitriles is 1. The Hall–Kier alpha value is -1.11. The Bertz CT molecular complexity index is 322. The Kier molecular flexibility index (Phi) is 3.69. The quantitative estimate of drug-likeness (QED) is 0.743. The van der Waals surface area contributed by atoms with Gasteiger partial charge in [-0.2, -0.15) is 5.26 Å². The second-order valence-electron chi connectivity index (χ2n) is 2.78. The maximum Gasteiger partial charge on any atom is 0.110 e. The summed E-state index contributed by atoms with van der Waals surface area (Å²) >= 11 is 1.53. The zero-order valence-electron chi connectivity index (χ0n) is 7.58. The van der Waals surface area contributed by atoms with Gasteiger partial charge in [-0.25, -0.2) is 0 Å². The smallest absolute Gasteiger partial charge is 0.110 e. The van der Waals surface area contributed by atoms with E-state index in [4.69, 9.17) is 5.26 Å². The van der Waals surface area contributed by atoms with Gasteiger partial charge in [0.05, 0.1) is 0 Å². The van der Waals surface area contributed by atoms with Crippen molar-refractivity contribution in [1.82, 2.24) is 5.32 Å². The first-order valence-electron chi connectivity index (χ1n) is 4.11. The molecular weight excluding hydrogens is 180 g/mol. The number of hydrogen-bond donors (Lipinski definition) is 1. The van der Waals surface area contributed by atoms with E-state index in [1.165, 1.54) is 16.2 Å². The Balaban J connectivity index is 2.46. The van der Waals surface area contributed by atoms with Crippen molar-refractivity contribution in [2.75, 3.05) is 0 Å². The predicted octanol–water partition coefficient (Wildman–Crippen LogP) is 2.28. The molecule has 1 atom stereocenters. The Morgan fingerprint density at radius 1 is 1.77 bits per heavy atom. The van der Waals surface area contributed by atoms with E-state index in [1.807, 2.05) is 25.1 Å².